The molecule has 5 heteroatoms. The molecule has 0 bridgehead atoms. The van der Waals surface area contributed by atoms with Crippen molar-refractivity contribution in [3.05, 3.63) is 29.6 Å². The molecule has 0 aliphatic rings. The lowest BCUT2D eigenvalue weighted by Gasteiger charge is -2.04. The van der Waals surface area contributed by atoms with Crippen molar-refractivity contribution in [1.82, 2.24) is 5.32 Å². The van der Waals surface area contributed by atoms with Gasteiger partial charge in [0.15, 0.2) is 0 Å². The van der Waals surface area contributed by atoms with E-state index in [1.807, 2.05) is 0 Å². The van der Waals surface area contributed by atoms with E-state index in [2.05, 4.69) is 22.5 Å². The molecule has 0 radical (unpaired) electrons. The summed E-state index contributed by atoms with van der Waals surface area (Å²) in [5.41, 5.74) is 5.87. The topological polar surface area (TPSA) is 67.2 Å². The maximum Gasteiger partial charge on any atom is 0.318 e. The molecule has 16 heavy (non-hydrogen) atoms. The van der Waals surface area contributed by atoms with Gasteiger partial charge in [-0.05, 0) is 18.2 Å². The average molecular weight is 221 g/mol. The summed E-state index contributed by atoms with van der Waals surface area (Å²) in [4.78, 5) is 11.0. The van der Waals surface area contributed by atoms with Crippen molar-refractivity contribution >= 4 is 11.7 Å². The lowest BCUT2D eigenvalue weighted by atomic mass is 10.2. The van der Waals surface area contributed by atoms with Gasteiger partial charge >= 0.3 is 6.03 Å². The number of nitrogens with one attached hydrogen (secondary N) is 2. The first-order valence-electron chi connectivity index (χ1n) is 4.64. The van der Waals surface area contributed by atoms with Gasteiger partial charge in [0.1, 0.15) is 5.82 Å². The van der Waals surface area contributed by atoms with Gasteiger partial charge in [-0.3, -0.25) is 0 Å². The standard InChI is InChI=1S/C11H12FN3O/c1-14-11(16)15-9-4-5-10(12)8(7-9)3-2-6-13/h4-5,7H,6,13H2,1H3,(H2,14,15,16). The summed E-state index contributed by atoms with van der Waals surface area (Å²) < 4.78 is 13.2. The highest BCUT2D eigenvalue weighted by Crippen LogP contribution is 2.13. The van der Waals surface area contributed by atoms with E-state index in [0.29, 0.717) is 5.69 Å². The Morgan fingerprint density at radius 3 is 2.94 bits per heavy atom. The second kappa shape index (κ2) is 5.73. The number of carbonyl (C=O) groups excluding carboxylic acids is 1. The van der Waals surface area contributed by atoms with Crippen molar-refractivity contribution in [3.63, 3.8) is 0 Å². The third-order valence-corrected chi connectivity index (χ3v) is 1.78. The van der Waals surface area contributed by atoms with Gasteiger partial charge in [0, 0.05) is 12.7 Å². The Hall–Kier alpha value is -2.06. The van der Waals surface area contributed by atoms with Crippen molar-refractivity contribution in [2.45, 2.75) is 0 Å². The van der Waals surface area contributed by atoms with E-state index in [-0.39, 0.29) is 18.1 Å². The van der Waals surface area contributed by atoms with E-state index in [9.17, 15) is 9.18 Å². The largest absolute Gasteiger partial charge is 0.341 e. The van der Waals surface area contributed by atoms with E-state index in [1.54, 1.807) is 0 Å². The number of amides is 2. The Labute approximate surface area is 93.0 Å². The van der Waals surface area contributed by atoms with Crippen LogP contribution in [0.15, 0.2) is 18.2 Å². The van der Waals surface area contributed by atoms with Crippen LogP contribution in [0.4, 0.5) is 14.9 Å². The van der Waals surface area contributed by atoms with Crippen molar-refractivity contribution in [1.29, 1.82) is 0 Å². The fraction of sp³-hybridized carbons (Fsp3) is 0.182. The Morgan fingerprint density at radius 2 is 2.31 bits per heavy atom. The van der Waals surface area contributed by atoms with Crippen molar-refractivity contribution in [2.75, 3.05) is 18.9 Å². The van der Waals surface area contributed by atoms with E-state index in [1.165, 1.54) is 25.2 Å². The molecule has 0 atom stereocenters. The number of benzene rings is 1. The zero-order valence-electron chi connectivity index (χ0n) is 8.80. The molecule has 0 aromatic heterocycles. The molecule has 4 N–H and O–H groups in total. The van der Waals surface area contributed by atoms with Gasteiger partial charge in [0.25, 0.3) is 0 Å². The van der Waals surface area contributed by atoms with Gasteiger partial charge in [0.05, 0.1) is 12.1 Å². The minimum absolute atomic E-state index is 0.159. The molecule has 0 aliphatic heterocycles. The van der Waals surface area contributed by atoms with Gasteiger partial charge < -0.3 is 16.4 Å². The number of hydrogen-bond acceptors (Lipinski definition) is 2. The van der Waals surface area contributed by atoms with Gasteiger partial charge in [-0.1, -0.05) is 11.8 Å². The third kappa shape index (κ3) is 3.26. The van der Waals surface area contributed by atoms with Crippen molar-refractivity contribution in [3.8, 4) is 11.8 Å². The molecule has 0 saturated carbocycles. The van der Waals surface area contributed by atoms with E-state index >= 15 is 0 Å². The molecular weight excluding hydrogens is 209 g/mol. The summed E-state index contributed by atoms with van der Waals surface area (Å²) in [6.45, 7) is 0.159. The van der Waals surface area contributed by atoms with E-state index in [4.69, 9.17) is 5.73 Å². The fourth-order valence-electron chi connectivity index (χ4n) is 1.04. The predicted octanol–water partition coefficient (Wildman–Crippen LogP) is 0.887. The zero-order valence-corrected chi connectivity index (χ0v) is 8.80. The molecule has 0 heterocycles. The van der Waals surface area contributed by atoms with Crippen molar-refractivity contribution < 1.29 is 9.18 Å². The van der Waals surface area contributed by atoms with Crippen LogP contribution < -0.4 is 16.4 Å². The Morgan fingerprint density at radius 1 is 1.56 bits per heavy atom. The minimum atomic E-state index is -0.441. The van der Waals surface area contributed by atoms with Crippen LogP contribution in [-0.4, -0.2) is 19.6 Å². The lowest BCUT2D eigenvalue weighted by Crippen LogP contribution is -2.24. The summed E-state index contributed by atoms with van der Waals surface area (Å²) in [6.07, 6.45) is 0. The van der Waals surface area contributed by atoms with Crippen LogP contribution in [0, 0.1) is 17.7 Å². The molecule has 1 rings (SSSR count). The van der Waals surface area contributed by atoms with Crippen LogP contribution in [0.25, 0.3) is 0 Å². The van der Waals surface area contributed by atoms with Crippen LogP contribution in [-0.2, 0) is 0 Å². The number of urea groups is 1. The average Bonchev–Trinajstić information content (AvgIpc) is 2.29. The molecule has 2 amide bonds. The summed E-state index contributed by atoms with van der Waals surface area (Å²) in [5.74, 6) is 4.69. The van der Waals surface area contributed by atoms with Crippen LogP contribution in [0.2, 0.25) is 0 Å². The number of rotatable bonds is 1. The van der Waals surface area contributed by atoms with Gasteiger partial charge in [-0.2, -0.15) is 0 Å². The lowest BCUT2D eigenvalue weighted by molar-refractivity contribution is 0.254. The smallest absolute Gasteiger partial charge is 0.318 e. The zero-order chi connectivity index (χ0) is 12.0. The van der Waals surface area contributed by atoms with Crippen LogP contribution in [0.3, 0.4) is 0 Å². The van der Waals surface area contributed by atoms with Gasteiger partial charge in [-0.25, -0.2) is 9.18 Å². The Kier molecular flexibility index (Phi) is 4.30. The highest BCUT2D eigenvalue weighted by atomic mass is 19.1. The van der Waals surface area contributed by atoms with Crippen LogP contribution >= 0.6 is 0 Å². The van der Waals surface area contributed by atoms with Crippen LogP contribution in [0.1, 0.15) is 5.56 Å². The maximum absolute atomic E-state index is 13.2. The number of hydrogen-bond donors (Lipinski definition) is 3. The highest BCUT2D eigenvalue weighted by Gasteiger charge is 2.03. The SMILES string of the molecule is CNC(=O)Nc1ccc(F)c(C#CCN)c1. The quantitative estimate of drug-likeness (QED) is 0.616. The Balaban J connectivity index is 2.93. The fourth-order valence-corrected chi connectivity index (χ4v) is 1.04. The van der Waals surface area contributed by atoms with E-state index < -0.39 is 5.82 Å². The number of halogens is 1. The second-order valence-electron chi connectivity index (χ2n) is 2.90. The summed E-state index contributed by atoms with van der Waals surface area (Å²) in [7, 11) is 1.49. The first-order valence-corrected chi connectivity index (χ1v) is 4.64. The van der Waals surface area contributed by atoms with E-state index in [0.717, 1.165) is 0 Å². The van der Waals surface area contributed by atoms with Crippen molar-refractivity contribution in [2.24, 2.45) is 5.73 Å². The van der Waals surface area contributed by atoms with Crippen LogP contribution in [0.5, 0.6) is 0 Å². The molecule has 1 aromatic rings. The maximum atomic E-state index is 13.2. The first-order chi connectivity index (χ1) is 7.67. The van der Waals surface area contributed by atoms with Gasteiger partial charge in [-0.15, -0.1) is 0 Å². The molecule has 1 aromatic carbocycles. The molecule has 0 spiro atoms. The molecular formula is C11H12FN3O. The summed E-state index contributed by atoms with van der Waals surface area (Å²) in [6, 6.07) is 3.78. The first kappa shape index (κ1) is 12.0. The Bertz CT molecular complexity index is 448. The summed E-state index contributed by atoms with van der Waals surface area (Å²) >= 11 is 0. The number of anilines is 1. The normalized spacial score (nSPS) is 8.94. The minimum Gasteiger partial charge on any atom is -0.341 e. The van der Waals surface area contributed by atoms with Gasteiger partial charge in [0.2, 0.25) is 0 Å². The molecule has 0 unspecified atom stereocenters. The summed E-state index contributed by atoms with van der Waals surface area (Å²) in [5, 5.41) is 4.91. The molecule has 0 aliphatic carbocycles. The molecule has 84 valence electrons. The second-order valence-corrected chi connectivity index (χ2v) is 2.90. The predicted molar refractivity (Wildman–Crippen MR) is 60.4 cm³/mol. The molecule has 4 nitrogen and oxygen atoms in total. The third-order valence-electron chi connectivity index (χ3n) is 1.78. The molecule has 0 saturated heterocycles. The number of nitrogens with two attached hydrogens (primary N) is 1. The highest BCUT2D eigenvalue weighted by molar-refractivity contribution is 5.89. The molecule has 0 fully saturated rings. The number of carbonyl (C=O) groups is 1. The monoisotopic (exact) mass is 221 g/mol.